The van der Waals surface area contributed by atoms with Crippen molar-refractivity contribution in [2.24, 2.45) is 0 Å². The van der Waals surface area contributed by atoms with Crippen LogP contribution in [0.5, 0.6) is 0 Å². The lowest BCUT2D eigenvalue weighted by Gasteiger charge is -2.36. The molecule has 4 heterocycles. The summed E-state index contributed by atoms with van der Waals surface area (Å²) in [7, 11) is 0. The van der Waals surface area contributed by atoms with Gasteiger partial charge in [-0.15, -0.1) is 0 Å². The van der Waals surface area contributed by atoms with Gasteiger partial charge in [-0.2, -0.15) is 0 Å². The molecule has 0 bridgehead atoms. The van der Waals surface area contributed by atoms with Crippen LogP contribution in [0.4, 0.5) is 17.1 Å². The second kappa shape index (κ2) is 12.2. The Labute approximate surface area is 373 Å². The largest absolute Gasteiger partial charge is 0.375 e. The van der Waals surface area contributed by atoms with E-state index in [1.807, 2.05) is 0 Å². The summed E-state index contributed by atoms with van der Waals surface area (Å²) in [4.78, 5) is 2.46. The van der Waals surface area contributed by atoms with E-state index in [4.69, 9.17) is 0 Å². The first kappa shape index (κ1) is 36.2. The summed E-state index contributed by atoms with van der Waals surface area (Å²) < 4.78 is 5.41. The Morgan fingerprint density at radius 3 is 1.73 bits per heavy atom. The van der Waals surface area contributed by atoms with Crippen molar-refractivity contribution in [3.05, 3.63) is 181 Å². The summed E-state index contributed by atoms with van der Waals surface area (Å²) in [5.41, 5.74) is 23.0. The van der Waals surface area contributed by atoms with E-state index in [1.165, 1.54) is 116 Å². The third-order valence-corrected chi connectivity index (χ3v) is 14.8. The lowest BCUT2D eigenvalue weighted by Crippen LogP contribution is -2.55. The lowest BCUT2D eigenvalue weighted by atomic mass is 9.45. The van der Waals surface area contributed by atoms with Crippen LogP contribution in [0.25, 0.3) is 93.5 Å². The van der Waals surface area contributed by atoms with Gasteiger partial charge in [0.25, 0.3) is 0 Å². The molecule has 0 saturated heterocycles. The minimum Gasteiger partial charge on any atom is -0.375 e. The molecule has 3 nitrogen and oxygen atoms in total. The van der Waals surface area contributed by atoms with Crippen LogP contribution in [0.2, 0.25) is 0 Å². The first-order valence-corrected chi connectivity index (χ1v) is 22.9. The van der Waals surface area contributed by atoms with Gasteiger partial charge in [0.1, 0.15) is 0 Å². The molecule has 0 atom stereocenters. The number of rotatable bonds is 3. The number of anilines is 3. The van der Waals surface area contributed by atoms with E-state index in [2.05, 4.69) is 225 Å². The lowest BCUT2D eigenvalue weighted by molar-refractivity contribution is 0.590. The summed E-state index contributed by atoms with van der Waals surface area (Å²) >= 11 is 0. The van der Waals surface area contributed by atoms with E-state index in [1.54, 1.807) is 0 Å². The van der Waals surface area contributed by atoms with Gasteiger partial charge in [0.15, 0.2) is 0 Å². The van der Waals surface area contributed by atoms with E-state index in [0.29, 0.717) is 0 Å². The van der Waals surface area contributed by atoms with Gasteiger partial charge in [-0.3, -0.25) is 0 Å². The van der Waals surface area contributed by atoms with Crippen molar-refractivity contribution in [2.75, 3.05) is 4.90 Å². The molecule has 0 unspecified atom stereocenters. The molecule has 0 N–H and O–H groups in total. The van der Waals surface area contributed by atoms with Crippen LogP contribution in [0.3, 0.4) is 0 Å². The van der Waals surface area contributed by atoms with Gasteiger partial charge < -0.3 is 13.9 Å². The predicted octanol–water partition coefficient (Wildman–Crippen LogP) is 14.7. The molecule has 1 aliphatic carbocycles. The smallest absolute Gasteiger partial charge is 0.333 e. The van der Waals surface area contributed by atoms with Gasteiger partial charge >= 0.3 is 6.85 Å². The highest BCUT2D eigenvalue weighted by atomic mass is 15.1. The zero-order valence-corrected chi connectivity index (χ0v) is 37.1. The van der Waals surface area contributed by atoms with E-state index in [0.717, 1.165) is 17.1 Å². The standard InChI is InChI=1S/C60H46BN3/c1-59(2,3)36-27-28-50-45(30-36)47-31-37(60(4,5)6)32-48-46-33-40(62(38-18-9-7-10-19-38)39-20-11-8-12-21-39)34-52-56(46)61(64(50)57(47)48)49-29-35-17-15-24-43-41-22-13-14-23-42(41)44-25-16-26-51-54(44)55(53(35)43)58(49)63(51)52/h7-34H,1-6H3. The minimum absolute atomic E-state index is 0.00613. The van der Waals surface area contributed by atoms with Crippen LogP contribution in [-0.2, 0) is 10.8 Å². The molecule has 0 saturated carbocycles. The van der Waals surface area contributed by atoms with Crippen molar-refractivity contribution < 1.29 is 0 Å². The molecule has 2 aromatic heterocycles. The van der Waals surface area contributed by atoms with Crippen molar-refractivity contribution in [2.45, 2.75) is 52.4 Å². The molecule has 0 spiro atoms. The Hall–Kier alpha value is -7.30. The number of nitrogens with zero attached hydrogens (tertiary/aromatic N) is 3. The Bertz CT molecular complexity index is 3820. The van der Waals surface area contributed by atoms with Crippen molar-refractivity contribution in [1.29, 1.82) is 0 Å². The van der Waals surface area contributed by atoms with E-state index in [-0.39, 0.29) is 17.7 Å². The molecular weight excluding hydrogens is 773 g/mol. The fourth-order valence-corrected chi connectivity index (χ4v) is 11.9. The normalized spacial score (nSPS) is 13.4. The topological polar surface area (TPSA) is 13.1 Å². The molecule has 0 amide bonds. The molecule has 9 aromatic carbocycles. The van der Waals surface area contributed by atoms with Gasteiger partial charge in [-0.05, 0) is 138 Å². The van der Waals surface area contributed by atoms with Gasteiger partial charge in [0, 0.05) is 60.9 Å². The summed E-state index contributed by atoms with van der Waals surface area (Å²) in [5.74, 6) is 0. The third-order valence-electron chi connectivity index (χ3n) is 14.8. The second-order valence-corrected chi connectivity index (χ2v) is 20.5. The van der Waals surface area contributed by atoms with Crippen molar-refractivity contribution >= 4 is 89.2 Å². The van der Waals surface area contributed by atoms with Gasteiger partial charge in [0.2, 0.25) is 0 Å². The van der Waals surface area contributed by atoms with Crippen molar-refractivity contribution in [3.8, 4) is 39.1 Å². The van der Waals surface area contributed by atoms with E-state index < -0.39 is 0 Å². The summed E-state index contributed by atoms with van der Waals surface area (Å²) in [5, 5.41) is 8.02. The van der Waals surface area contributed by atoms with Gasteiger partial charge in [-0.1, -0.05) is 145 Å². The number of fused-ring (bicyclic) bond motifs is 11. The van der Waals surface area contributed by atoms with Crippen LogP contribution < -0.4 is 15.8 Å². The number of aromatic nitrogens is 2. The molecule has 64 heavy (non-hydrogen) atoms. The highest BCUT2D eigenvalue weighted by Gasteiger charge is 2.44. The molecule has 3 aliphatic rings. The Balaban J connectivity index is 1.23. The summed E-state index contributed by atoms with van der Waals surface area (Å²) in [6, 6.07) is 64.9. The van der Waals surface area contributed by atoms with Crippen molar-refractivity contribution in [3.63, 3.8) is 0 Å². The van der Waals surface area contributed by atoms with Gasteiger partial charge in [-0.25, -0.2) is 0 Å². The summed E-state index contributed by atoms with van der Waals surface area (Å²) in [6.07, 6.45) is 0. The van der Waals surface area contributed by atoms with Crippen LogP contribution in [0.15, 0.2) is 170 Å². The summed E-state index contributed by atoms with van der Waals surface area (Å²) in [6.45, 7) is 14.0. The Morgan fingerprint density at radius 2 is 1.05 bits per heavy atom. The van der Waals surface area contributed by atoms with Crippen LogP contribution in [0.1, 0.15) is 52.7 Å². The van der Waals surface area contributed by atoms with Crippen LogP contribution in [-0.4, -0.2) is 15.9 Å². The molecule has 2 aliphatic heterocycles. The number of para-hydroxylation sites is 2. The molecule has 4 heteroatoms. The van der Waals surface area contributed by atoms with E-state index >= 15 is 0 Å². The maximum atomic E-state index is 2.75. The second-order valence-electron chi connectivity index (χ2n) is 20.5. The zero-order valence-electron chi connectivity index (χ0n) is 37.1. The maximum absolute atomic E-state index is 2.75. The minimum atomic E-state index is -0.0676. The molecule has 0 fully saturated rings. The first-order valence-electron chi connectivity index (χ1n) is 22.9. The monoisotopic (exact) mass is 819 g/mol. The van der Waals surface area contributed by atoms with Crippen LogP contribution in [0, 0.1) is 0 Å². The van der Waals surface area contributed by atoms with E-state index in [9.17, 15) is 0 Å². The zero-order chi connectivity index (χ0) is 43.0. The molecule has 0 radical (unpaired) electrons. The first-order chi connectivity index (χ1) is 31.0. The van der Waals surface area contributed by atoms with Crippen LogP contribution >= 0.6 is 0 Å². The number of hydrogen-bond donors (Lipinski definition) is 0. The fourth-order valence-electron chi connectivity index (χ4n) is 11.9. The Morgan fingerprint density at radius 1 is 0.422 bits per heavy atom. The number of benzene rings is 9. The highest BCUT2D eigenvalue weighted by Crippen LogP contribution is 2.52. The Kier molecular flexibility index (Phi) is 6.93. The van der Waals surface area contributed by atoms with Crippen molar-refractivity contribution in [1.82, 2.24) is 9.05 Å². The average molecular weight is 820 g/mol. The van der Waals surface area contributed by atoms with Gasteiger partial charge in [0.05, 0.1) is 11.0 Å². The molecule has 304 valence electrons. The third kappa shape index (κ3) is 4.62. The maximum Gasteiger partial charge on any atom is 0.333 e. The molecule has 14 rings (SSSR count). The SMILES string of the molecule is CC(C)(C)c1ccc2c(c1)c1cc(C(C)(C)C)cc3c1n2B1c2c-3cc(N(c3ccccc3)c3ccccc3)cc2-n2c3cccc4c3c3c5c(cccc5cc1c32)-c1ccccc1-4. The fraction of sp³-hybridized carbons (Fsp3) is 0.133. The highest BCUT2D eigenvalue weighted by molar-refractivity contribution is 6.90. The quantitative estimate of drug-likeness (QED) is 0.162. The molecular formula is C60H46BN3. The predicted molar refractivity (Wildman–Crippen MR) is 274 cm³/mol. The average Bonchev–Trinajstić information content (AvgIpc) is 3.79. The molecule has 11 aromatic rings. The number of hydrogen-bond acceptors (Lipinski definition) is 1.